The van der Waals surface area contributed by atoms with Crippen LogP contribution in [0.25, 0.3) is 11.1 Å². The summed E-state index contributed by atoms with van der Waals surface area (Å²) in [5.41, 5.74) is 4.30. The minimum atomic E-state index is -3.71. The highest BCUT2D eigenvalue weighted by atomic mass is 32.2. The van der Waals surface area contributed by atoms with Gasteiger partial charge in [0.2, 0.25) is 15.9 Å². The minimum absolute atomic E-state index is 0.00138. The van der Waals surface area contributed by atoms with Gasteiger partial charge in [0.05, 0.1) is 18.1 Å². The third-order valence-corrected chi connectivity index (χ3v) is 10.2. The van der Waals surface area contributed by atoms with E-state index in [4.69, 9.17) is 4.74 Å². The molecule has 9 nitrogen and oxygen atoms in total. The molecule has 2 N–H and O–H groups in total. The number of hydrogen-bond acceptors (Lipinski definition) is 5. The van der Waals surface area contributed by atoms with Crippen LogP contribution in [0.2, 0.25) is 0 Å². The molecule has 0 spiro atoms. The van der Waals surface area contributed by atoms with Crippen molar-refractivity contribution in [1.29, 1.82) is 0 Å². The van der Waals surface area contributed by atoms with Crippen LogP contribution < -0.4 is 15.8 Å². The fraction of sp³-hybridized carbons (Fsp3) is 0.400. The summed E-state index contributed by atoms with van der Waals surface area (Å²) in [7, 11) is -3.71. The first kappa shape index (κ1) is 26.9. The molecule has 1 aromatic heterocycles. The molecule has 3 aliphatic heterocycles. The van der Waals surface area contributed by atoms with Crippen LogP contribution in [0.15, 0.2) is 70.4 Å². The van der Waals surface area contributed by atoms with Crippen LogP contribution in [0.3, 0.4) is 0 Å². The van der Waals surface area contributed by atoms with Gasteiger partial charge in [-0.2, -0.15) is 4.31 Å². The molecule has 2 aromatic carbocycles. The number of amides is 1. The van der Waals surface area contributed by atoms with Crippen molar-refractivity contribution in [2.24, 2.45) is 5.92 Å². The zero-order valence-electron chi connectivity index (χ0n) is 22.6. The average Bonchev–Trinajstić information content (AvgIpc) is 2.95. The van der Waals surface area contributed by atoms with E-state index in [-0.39, 0.29) is 28.2 Å². The predicted octanol–water partition coefficient (Wildman–Crippen LogP) is 1.70. The molecule has 0 aliphatic carbocycles. The molecular weight excluding hydrogens is 528 g/mol. The number of rotatable bonds is 6. The Labute approximate surface area is 234 Å². The van der Waals surface area contributed by atoms with Gasteiger partial charge in [0, 0.05) is 55.0 Å². The largest absolute Gasteiger partial charge is 0.370 e. The number of fused-ring (bicyclic) bond motifs is 4. The Balaban J connectivity index is 1.26. The summed E-state index contributed by atoms with van der Waals surface area (Å²) >= 11 is 0. The molecule has 2 atom stereocenters. The number of nitrogens with zero attached hydrogens (tertiary/aromatic N) is 2. The lowest BCUT2D eigenvalue weighted by Gasteiger charge is -2.42. The van der Waals surface area contributed by atoms with Crippen molar-refractivity contribution in [2.45, 2.75) is 37.2 Å². The number of quaternary nitrogens is 1. The quantitative estimate of drug-likeness (QED) is 0.476. The molecular formula is C30H35N4O5S+. The smallest absolute Gasteiger partial charge is 0.258 e. The Kier molecular flexibility index (Phi) is 7.35. The Morgan fingerprint density at radius 3 is 2.48 bits per heavy atom. The van der Waals surface area contributed by atoms with E-state index in [1.807, 2.05) is 34.9 Å². The highest BCUT2D eigenvalue weighted by Crippen LogP contribution is 2.38. The second kappa shape index (κ2) is 10.9. The fourth-order valence-electron chi connectivity index (χ4n) is 6.41. The first-order valence-electron chi connectivity index (χ1n) is 13.9. The van der Waals surface area contributed by atoms with Gasteiger partial charge in [-0.1, -0.05) is 24.3 Å². The van der Waals surface area contributed by atoms with Gasteiger partial charge in [-0.15, -0.1) is 0 Å². The van der Waals surface area contributed by atoms with Crippen LogP contribution in [0, 0.1) is 5.92 Å². The van der Waals surface area contributed by atoms with E-state index >= 15 is 0 Å². The van der Waals surface area contributed by atoms with Gasteiger partial charge < -0.3 is 19.5 Å². The summed E-state index contributed by atoms with van der Waals surface area (Å²) in [5, 5.41) is 2.67. The lowest BCUT2D eigenvalue weighted by molar-refractivity contribution is -0.921. The number of sulfonamides is 1. The summed E-state index contributed by atoms with van der Waals surface area (Å²) in [5.74, 6) is -0.199. The van der Waals surface area contributed by atoms with Gasteiger partial charge in [-0.3, -0.25) is 9.59 Å². The van der Waals surface area contributed by atoms with Crippen LogP contribution in [-0.4, -0.2) is 62.6 Å². The molecule has 2 fully saturated rings. The van der Waals surface area contributed by atoms with Crippen LogP contribution in [0.1, 0.15) is 30.5 Å². The summed E-state index contributed by atoms with van der Waals surface area (Å²) in [6, 6.07) is 18.4. The molecule has 1 amide bonds. The van der Waals surface area contributed by atoms with E-state index in [0.717, 1.165) is 56.1 Å². The molecule has 3 aliphatic rings. The number of carbonyl (C=O) groups excluding carboxylic acids is 1. The Hall–Kier alpha value is -3.31. The van der Waals surface area contributed by atoms with Crippen LogP contribution in [0.4, 0.5) is 5.69 Å². The third-order valence-electron chi connectivity index (χ3n) is 8.33. The molecule has 4 heterocycles. The number of aromatic nitrogens is 1. The van der Waals surface area contributed by atoms with Crippen LogP contribution in [0.5, 0.6) is 0 Å². The number of nitrogens with one attached hydrogen (secondary N) is 2. The molecule has 0 radical (unpaired) electrons. The second-order valence-corrected chi connectivity index (χ2v) is 13.0. The summed E-state index contributed by atoms with van der Waals surface area (Å²) in [4.78, 5) is 26.8. The molecule has 0 unspecified atom stereocenters. The number of pyridine rings is 1. The highest BCUT2D eigenvalue weighted by Gasteiger charge is 2.40. The number of piperidine rings is 1. The summed E-state index contributed by atoms with van der Waals surface area (Å²) < 4.78 is 36.0. The van der Waals surface area contributed by atoms with Crippen molar-refractivity contribution >= 4 is 21.6 Å². The van der Waals surface area contributed by atoms with Crippen molar-refractivity contribution in [3.05, 3.63) is 82.3 Å². The average molecular weight is 564 g/mol. The second-order valence-electron chi connectivity index (χ2n) is 11.1. The highest BCUT2D eigenvalue weighted by molar-refractivity contribution is 7.89. The maximum absolute atomic E-state index is 13.9. The molecule has 10 heteroatoms. The van der Waals surface area contributed by atoms with Crippen LogP contribution >= 0.6 is 0 Å². The number of hydrogen-bond donors (Lipinski definition) is 2. The van der Waals surface area contributed by atoms with E-state index in [9.17, 15) is 18.0 Å². The molecule has 3 aromatic rings. The zero-order valence-corrected chi connectivity index (χ0v) is 23.5. The summed E-state index contributed by atoms with van der Waals surface area (Å²) in [6.45, 7) is 6.91. The molecule has 210 valence electrons. The fourth-order valence-corrected chi connectivity index (χ4v) is 7.97. The predicted molar refractivity (Wildman–Crippen MR) is 152 cm³/mol. The number of benzene rings is 2. The van der Waals surface area contributed by atoms with Crippen LogP contribution in [-0.2, 0) is 32.6 Å². The first-order chi connectivity index (χ1) is 19.3. The van der Waals surface area contributed by atoms with E-state index < -0.39 is 10.0 Å². The number of morpholine rings is 1. The number of ether oxygens (including phenoxy) is 1. The van der Waals surface area contributed by atoms with Crippen molar-refractivity contribution in [2.75, 3.05) is 44.7 Å². The normalized spacial score (nSPS) is 21.5. The van der Waals surface area contributed by atoms with Crippen molar-refractivity contribution < 1.29 is 22.8 Å². The van der Waals surface area contributed by atoms with Crippen molar-refractivity contribution in [3.8, 4) is 11.1 Å². The monoisotopic (exact) mass is 563 g/mol. The van der Waals surface area contributed by atoms with E-state index in [2.05, 4.69) is 11.4 Å². The van der Waals surface area contributed by atoms with Gasteiger partial charge in [-0.05, 0) is 54.3 Å². The first-order valence-corrected chi connectivity index (χ1v) is 15.3. The third kappa shape index (κ3) is 5.24. The summed E-state index contributed by atoms with van der Waals surface area (Å²) in [6.07, 6.45) is 0.864. The molecule has 2 saturated heterocycles. The van der Waals surface area contributed by atoms with E-state index in [1.165, 1.54) is 24.0 Å². The molecule has 6 rings (SSSR count). The number of carbonyl (C=O) groups is 1. The van der Waals surface area contributed by atoms with Gasteiger partial charge >= 0.3 is 0 Å². The van der Waals surface area contributed by atoms with Gasteiger partial charge in [0.15, 0.2) is 0 Å². The SMILES string of the molecule is CC(=O)Nc1ccc(S(=O)(=O)N2C[C@@H]3C[C@H](C2)c2ccc(-c4ccccc4C[NH+]4CCOCC4)c(=O)n2C3)cc1. The van der Waals surface area contributed by atoms with Gasteiger partial charge in [-0.25, -0.2) is 8.42 Å². The van der Waals surface area contributed by atoms with E-state index in [1.54, 1.807) is 16.4 Å². The Bertz CT molecular complexity index is 1580. The maximum Gasteiger partial charge on any atom is 0.258 e. The molecule has 0 saturated carbocycles. The maximum atomic E-state index is 13.9. The minimum Gasteiger partial charge on any atom is -0.370 e. The lowest BCUT2D eigenvalue weighted by atomic mass is 9.83. The zero-order chi connectivity index (χ0) is 27.9. The van der Waals surface area contributed by atoms with Crippen molar-refractivity contribution in [1.82, 2.24) is 8.87 Å². The Morgan fingerprint density at radius 2 is 1.73 bits per heavy atom. The lowest BCUT2D eigenvalue weighted by Crippen LogP contribution is -3.12. The molecule has 40 heavy (non-hydrogen) atoms. The van der Waals surface area contributed by atoms with Crippen molar-refractivity contribution in [3.63, 3.8) is 0 Å². The van der Waals surface area contributed by atoms with E-state index in [0.29, 0.717) is 30.9 Å². The molecule has 2 bridgehead atoms. The van der Waals surface area contributed by atoms with Gasteiger partial charge in [0.25, 0.3) is 5.56 Å². The topological polar surface area (TPSA) is 102 Å². The standard InChI is InChI=1S/C30H34N4O5S/c1-21(35)31-25-6-8-26(9-7-25)40(37,38)33-17-22-16-24(20-33)29-11-10-28(30(36)34(29)18-22)27-5-3-2-4-23(27)19-32-12-14-39-15-13-32/h2-11,22,24H,12-20H2,1H3,(H,31,35)/p+1/t22-,24+/m0/s1. The van der Waals surface area contributed by atoms with Gasteiger partial charge in [0.1, 0.15) is 19.6 Å². The Morgan fingerprint density at radius 1 is 0.975 bits per heavy atom. The number of anilines is 1.